The van der Waals surface area contributed by atoms with Crippen molar-refractivity contribution >= 4 is 23.1 Å². The minimum Gasteiger partial charge on any atom is -0.507 e. The van der Waals surface area contributed by atoms with Crippen LogP contribution in [0.15, 0.2) is 72.3 Å². The third kappa shape index (κ3) is 3.38. The number of nitrogens with zero attached hydrogens (tertiary/aromatic N) is 1. The van der Waals surface area contributed by atoms with E-state index < -0.39 is 17.7 Å². The van der Waals surface area contributed by atoms with Crippen molar-refractivity contribution < 1.29 is 28.9 Å². The van der Waals surface area contributed by atoms with Gasteiger partial charge in [0.25, 0.3) is 11.7 Å². The predicted molar refractivity (Wildman–Crippen MR) is 122 cm³/mol. The van der Waals surface area contributed by atoms with Gasteiger partial charge >= 0.3 is 0 Å². The molecule has 1 unspecified atom stereocenters. The van der Waals surface area contributed by atoms with E-state index in [1.807, 2.05) is 31.2 Å². The number of methoxy groups -OCH3 is 1. The lowest BCUT2D eigenvalue weighted by atomic mass is 9.92. The van der Waals surface area contributed by atoms with Gasteiger partial charge in [0, 0.05) is 17.3 Å². The van der Waals surface area contributed by atoms with Crippen molar-refractivity contribution in [3.05, 3.63) is 89.0 Å². The fourth-order valence-corrected chi connectivity index (χ4v) is 4.25. The summed E-state index contributed by atoms with van der Waals surface area (Å²) in [5, 5.41) is 11.3. The molecule has 1 saturated heterocycles. The Morgan fingerprint density at radius 3 is 2.58 bits per heavy atom. The van der Waals surface area contributed by atoms with Crippen molar-refractivity contribution in [1.82, 2.24) is 0 Å². The molecular weight excluding hydrogens is 422 g/mol. The van der Waals surface area contributed by atoms with Crippen molar-refractivity contribution in [3.8, 4) is 17.2 Å². The summed E-state index contributed by atoms with van der Waals surface area (Å²) in [6, 6.07) is 18.5. The Kier molecular flexibility index (Phi) is 5.01. The van der Waals surface area contributed by atoms with Crippen LogP contribution in [-0.2, 0) is 9.59 Å². The molecule has 7 heteroatoms. The monoisotopic (exact) mass is 443 g/mol. The zero-order chi connectivity index (χ0) is 23.1. The van der Waals surface area contributed by atoms with Gasteiger partial charge in [0.15, 0.2) is 11.5 Å². The summed E-state index contributed by atoms with van der Waals surface area (Å²) < 4.78 is 16.1. The lowest BCUT2D eigenvalue weighted by Crippen LogP contribution is -2.29. The average Bonchev–Trinajstić information content (AvgIpc) is 3.41. The Balaban J connectivity index is 1.72. The highest BCUT2D eigenvalue weighted by molar-refractivity contribution is 6.51. The smallest absolute Gasteiger partial charge is 0.300 e. The molecule has 1 atom stereocenters. The maximum absolute atomic E-state index is 13.3. The number of ether oxygens (including phenoxy) is 3. The number of fused-ring (bicyclic) bond motifs is 1. The number of anilines is 1. The summed E-state index contributed by atoms with van der Waals surface area (Å²) in [5.74, 6) is -0.189. The number of hydrogen-bond acceptors (Lipinski definition) is 6. The van der Waals surface area contributed by atoms with Gasteiger partial charge in [-0.15, -0.1) is 0 Å². The molecule has 0 bridgehead atoms. The number of rotatable bonds is 4. The Morgan fingerprint density at radius 2 is 1.79 bits per heavy atom. The van der Waals surface area contributed by atoms with Gasteiger partial charge in [-0.05, 0) is 48.4 Å². The van der Waals surface area contributed by atoms with Gasteiger partial charge in [-0.2, -0.15) is 0 Å². The topological polar surface area (TPSA) is 85.3 Å². The minimum absolute atomic E-state index is 0.0102. The Labute approximate surface area is 190 Å². The maximum atomic E-state index is 13.3. The average molecular weight is 443 g/mol. The van der Waals surface area contributed by atoms with Gasteiger partial charge in [-0.25, -0.2) is 0 Å². The number of aliphatic hydroxyl groups is 1. The SMILES string of the molecule is COc1cccc(N2C(=O)C(=O)/C(=C(/O)c3ccc4c(c3)OCO4)C2c2ccccc2C)c1. The molecule has 1 amide bonds. The first kappa shape index (κ1) is 20.6. The normalized spacial score (nSPS) is 18.6. The van der Waals surface area contributed by atoms with Crippen LogP contribution in [0.25, 0.3) is 5.76 Å². The molecule has 0 radical (unpaired) electrons. The lowest BCUT2D eigenvalue weighted by molar-refractivity contribution is -0.132. The zero-order valence-electron chi connectivity index (χ0n) is 18.1. The van der Waals surface area contributed by atoms with Crippen LogP contribution in [-0.4, -0.2) is 30.7 Å². The molecular formula is C26H21NO6. The molecule has 1 N–H and O–H groups in total. The number of ketones is 1. The van der Waals surface area contributed by atoms with E-state index in [9.17, 15) is 14.7 Å². The van der Waals surface area contributed by atoms with E-state index in [0.717, 1.165) is 11.1 Å². The molecule has 2 aliphatic rings. The second kappa shape index (κ2) is 8.02. The molecule has 3 aromatic carbocycles. The van der Waals surface area contributed by atoms with Crippen molar-refractivity contribution in [2.45, 2.75) is 13.0 Å². The van der Waals surface area contributed by atoms with E-state index in [0.29, 0.717) is 28.5 Å². The number of benzene rings is 3. The molecule has 0 aromatic heterocycles. The molecule has 33 heavy (non-hydrogen) atoms. The highest BCUT2D eigenvalue weighted by Gasteiger charge is 2.47. The Hall–Kier alpha value is -4.26. The van der Waals surface area contributed by atoms with Gasteiger partial charge in [0.2, 0.25) is 6.79 Å². The summed E-state index contributed by atoms with van der Waals surface area (Å²) in [4.78, 5) is 28.0. The van der Waals surface area contributed by atoms with Crippen LogP contribution in [0.4, 0.5) is 5.69 Å². The van der Waals surface area contributed by atoms with Gasteiger partial charge < -0.3 is 19.3 Å². The fourth-order valence-electron chi connectivity index (χ4n) is 4.25. The first-order valence-electron chi connectivity index (χ1n) is 10.4. The van der Waals surface area contributed by atoms with Gasteiger partial charge in [0.05, 0.1) is 18.7 Å². The maximum Gasteiger partial charge on any atom is 0.300 e. The number of amides is 1. The molecule has 3 aromatic rings. The molecule has 7 nitrogen and oxygen atoms in total. The van der Waals surface area contributed by atoms with Crippen LogP contribution in [0.3, 0.4) is 0 Å². The first-order valence-corrected chi connectivity index (χ1v) is 10.4. The second-order valence-electron chi connectivity index (χ2n) is 7.80. The van der Waals surface area contributed by atoms with Crippen LogP contribution in [0.2, 0.25) is 0 Å². The standard InChI is InChI=1S/C26H21NO6/c1-15-6-3-4-9-19(15)23-22(24(28)16-10-11-20-21(12-16)33-14-32-20)25(29)26(30)27(23)17-7-5-8-18(13-17)31-2/h3-13,23,28H,14H2,1-2H3/b24-22+. The summed E-state index contributed by atoms with van der Waals surface area (Å²) in [6.45, 7) is 1.99. The Bertz CT molecular complexity index is 1310. The molecule has 166 valence electrons. The zero-order valence-corrected chi connectivity index (χ0v) is 18.1. The predicted octanol–water partition coefficient (Wildman–Crippen LogP) is 4.36. The van der Waals surface area contributed by atoms with Gasteiger partial charge in [-0.1, -0.05) is 30.3 Å². The van der Waals surface area contributed by atoms with Gasteiger partial charge in [0.1, 0.15) is 11.5 Å². The molecule has 0 saturated carbocycles. The number of carbonyl (C=O) groups excluding carboxylic acids is 2. The van der Waals surface area contributed by atoms with Crippen molar-refractivity contribution in [2.75, 3.05) is 18.8 Å². The summed E-state index contributed by atoms with van der Waals surface area (Å²) >= 11 is 0. The molecule has 0 spiro atoms. The highest BCUT2D eigenvalue weighted by Crippen LogP contribution is 2.44. The molecule has 5 rings (SSSR count). The summed E-state index contributed by atoms with van der Waals surface area (Å²) in [5.41, 5.74) is 2.49. The van der Waals surface area contributed by atoms with Crippen molar-refractivity contribution in [3.63, 3.8) is 0 Å². The van der Waals surface area contributed by atoms with E-state index in [4.69, 9.17) is 14.2 Å². The minimum atomic E-state index is -0.816. The van der Waals surface area contributed by atoms with Crippen LogP contribution in [0.5, 0.6) is 17.2 Å². The largest absolute Gasteiger partial charge is 0.507 e. The number of Topliss-reactive ketones (excluding diaryl/α,β-unsaturated/α-hetero) is 1. The van der Waals surface area contributed by atoms with E-state index in [1.54, 1.807) is 42.5 Å². The summed E-state index contributed by atoms with van der Waals surface area (Å²) in [6.07, 6.45) is 0. The fraction of sp³-hybridized carbons (Fsp3) is 0.154. The molecule has 0 aliphatic carbocycles. The van der Waals surface area contributed by atoms with E-state index >= 15 is 0 Å². The number of aliphatic hydroxyl groups excluding tert-OH is 1. The van der Waals surface area contributed by atoms with Gasteiger partial charge in [-0.3, -0.25) is 14.5 Å². The van der Waals surface area contributed by atoms with E-state index in [-0.39, 0.29) is 18.1 Å². The quantitative estimate of drug-likeness (QED) is 0.366. The molecule has 1 fully saturated rings. The Morgan fingerprint density at radius 1 is 1.00 bits per heavy atom. The molecule has 2 heterocycles. The highest BCUT2D eigenvalue weighted by atomic mass is 16.7. The van der Waals surface area contributed by atoms with Crippen molar-refractivity contribution in [2.24, 2.45) is 0 Å². The third-order valence-electron chi connectivity index (χ3n) is 5.90. The van der Waals surface area contributed by atoms with Crippen LogP contribution in [0, 0.1) is 6.92 Å². The van der Waals surface area contributed by atoms with E-state index in [2.05, 4.69) is 0 Å². The lowest BCUT2D eigenvalue weighted by Gasteiger charge is -2.27. The van der Waals surface area contributed by atoms with E-state index in [1.165, 1.54) is 12.0 Å². The first-order chi connectivity index (χ1) is 16.0. The van der Waals surface area contributed by atoms with Crippen LogP contribution in [0.1, 0.15) is 22.7 Å². The van der Waals surface area contributed by atoms with Crippen molar-refractivity contribution in [1.29, 1.82) is 0 Å². The number of carbonyl (C=O) groups is 2. The van der Waals surface area contributed by atoms with Crippen LogP contribution >= 0.6 is 0 Å². The summed E-state index contributed by atoms with van der Waals surface area (Å²) in [7, 11) is 1.53. The molecule has 2 aliphatic heterocycles. The van der Waals surface area contributed by atoms with Crippen LogP contribution < -0.4 is 19.1 Å². The second-order valence-corrected chi connectivity index (χ2v) is 7.80. The number of aryl methyl sites for hydroxylation is 1. The number of hydrogen-bond donors (Lipinski definition) is 1. The third-order valence-corrected chi connectivity index (χ3v) is 5.90.